The number of nitrogens with one attached hydrogen (secondary N) is 1. The van der Waals surface area contributed by atoms with Crippen molar-refractivity contribution in [2.45, 2.75) is 49.6 Å². The third-order valence-corrected chi connectivity index (χ3v) is 7.99. The largest absolute Gasteiger partial charge is 0.346 e. The van der Waals surface area contributed by atoms with Gasteiger partial charge in [0, 0.05) is 12.1 Å². The number of carbonyl (C=O) groups is 1. The molecule has 4 fully saturated rings. The molecule has 5 heteroatoms. The van der Waals surface area contributed by atoms with E-state index >= 15 is 0 Å². The summed E-state index contributed by atoms with van der Waals surface area (Å²) < 4.78 is 15.4. The van der Waals surface area contributed by atoms with Crippen LogP contribution >= 0.6 is 11.3 Å². The minimum absolute atomic E-state index is 0.0152. The fraction of sp³-hybridized carbons (Fsp3) is 0.550. The Kier molecular flexibility index (Phi) is 2.84. The topological polar surface area (TPSA) is 32.3 Å². The lowest BCUT2D eigenvalue weighted by Gasteiger charge is -2.33. The molecule has 25 heavy (non-hydrogen) atoms. The summed E-state index contributed by atoms with van der Waals surface area (Å²) in [7, 11) is 0. The summed E-state index contributed by atoms with van der Waals surface area (Å²) in [6.45, 7) is 2.33. The summed E-state index contributed by atoms with van der Waals surface area (Å²) >= 11 is 1.31. The Hall–Kier alpha value is -1.46. The molecule has 1 aromatic carbocycles. The molecule has 4 aliphatic rings. The SMILES string of the molecule is O=C(NC1C2CCN(C2)C12CC2)c1cc2ccc(C3CC3)c(F)c2s1. The quantitative estimate of drug-likeness (QED) is 0.905. The molecule has 2 aliphatic carbocycles. The highest BCUT2D eigenvalue weighted by atomic mass is 32.1. The van der Waals surface area contributed by atoms with Crippen LogP contribution in [-0.2, 0) is 0 Å². The van der Waals surface area contributed by atoms with Crippen LogP contribution in [0.25, 0.3) is 10.1 Å². The van der Waals surface area contributed by atoms with Crippen molar-refractivity contribution in [1.82, 2.24) is 10.2 Å². The predicted molar refractivity (Wildman–Crippen MR) is 96.7 cm³/mol. The minimum atomic E-state index is -0.103. The van der Waals surface area contributed by atoms with Crippen LogP contribution < -0.4 is 5.32 Å². The van der Waals surface area contributed by atoms with Crippen LogP contribution in [0.15, 0.2) is 18.2 Å². The number of hydrogen-bond donors (Lipinski definition) is 1. The molecule has 1 N–H and O–H groups in total. The summed E-state index contributed by atoms with van der Waals surface area (Å²) in [6, 6.07) is 6.03. The van der Waals surface area contributed by atoms with E-state index in [4.69, 9.17) is 0 Å². The second-order valence-corrected chi connectivity index (χ2v) is 9.37. The van der Waals surface area contributed by atoms with Gasteiger partial charge in [0.2, 0.25) is 0 Å². The highest BCUT2D eigenvalue weighted by molar-refractivity contribution is 7.20. The molecule has 3 unspecified atom stereocenters. The van der Waals surface area contributed by atoms with Crippen LogP contribution in [-0.4, -0.2) is 35.5 Å². The maximum absolute atomic E-state index is 14.8. The van der Waals surface area contributed by atoms with Gasteiger partial charge >= 0.3 is 0 Å². The van der Waals surface area contributed by atoms with E-state index in [1.807, 2.05) is 18.2 Å². The van der Waals surface area contributed by atoms with Crippen LogP contribution in [0.3, 0.4) is 0 Å². The van der Waals surface area contributed by atoms with Crippen LogP contribution in [0.5, 0.6) is 0 Å². The first-order chi connectivity index (χ1) is 12.2. The zero-order valence-corrected chi connectivity index (χ0v) is 14.9. The van der Waals surface area contributed by atoms with Crippen molar-refractivity contribution in [1.29, 1.82) is 0 Å². The van der Waals surface area contributed by atoms with E-state index < -0.39 is 0 Å². The predicted octanol–water partition coefficient (Wildman–Crippen LogP) is 3.88. The molecular weight excluding hydrogens is 335 g/mol. The fourth-order valence-corrected chi connectivity index (χ4v) is 6.23. The number of thiophene rings is 1. The van der Waals surface area contributed by atoms with Gasteiger partial charge in [-0.1, -0.05) is 12.1 Å². The number of piperidine rings is 1. The number of fused-ring (bicyclic) bond motifs is 4. The Balaban J connectivity index is 1.30. The Bertz CT molecular complexity index is 898. The normalized spacial score (nSPS) is 31.8. The van der Waals surface area contributed by atoms with Gasteiger partial charge in [-0.05, 0) is 67.5 Å². The van der Waals surface area contributed by atoms with Crippen molar-refractivity contribution in [3.05, 3.63) is 34.5 Å². The average molecular weight is 356 g/mol. The lowest BCUT2D eigenvalue weighted by Crippen LogP contribution is -2.51. The van der Waals surface area contributed by atoms with Crippen molar-refractivity contribution >= 4 is 27.3 Å². The molecule has 2 saturated heterocycles. The number of carbonyl (C=O) groups excluding carboxylic acids is 1. The van der Waals surface area contributed by atoms with Crippen molar-refractivity contribution in [3.8, 4) is 0 Å². The van der Waals surface area contributed by atoms with Crippen LogP contribution in [0.1, 0.15) is 53.3 Å². The van der Waals surface area contributed by atoms with Gasteiger partial charge in [-0.25, -0.2) is 4.39 Å². The number of amides is 1. The number of benzene rings is 1. The second-order valence-electron chi connectivity index (χ2n) is 8.32. The number of rotatable bonds is 3. The Morgan fingerprint density at radius 3 is 2.88 bits per heavy atom. The zero-order chi connectivity index (χ0) is 16.8. The maximum atomic E-state index is 14.8. The summed E-state index contributed by atoms with van der Waals surface area (Å²) in [6.07, 6.45) is 5.78. The molecule has 130 valence electrons. The highest BCUT2D eigenvalue weighted by Crippen LogP contribution is 2.55. The van der Waals surface area contributed by atoms with Crippen LogP contribution in [0.2, 0.25) is 0 Å². The summed E-state index contributed by atoms with van der Waals surface area (Å²) in [5.41, 5.74) is 1.08. The van der Waals surface area contributed by atoms with E-state index in [-0.39, 0.29) is 23.3 Å². The molecule has 0 radical (unpaired) electrons. The molecule has 2 bridgehead atoms. The highest BCUT2D eigenvalue weighted by Gasteiger charge is 2.63. The molecule has 1 aromatic heterocycles. The van der Waals surface area contributed by atoms with Gasteiger partial charge in [0.1, 0.15) is 5.82 Å². The van der Waals surface area contributed by atoms with E-state index in [2.05, 4.69) is 10.2 Å². The lowest BCUT2D eigenvalue weighted by molar-refractivity contribution is 0.0896. The first-order valence-corrected chi connectivity index (χ1v) is 10.3. The third kappa shape index (κ3) is 2.02. The van der Waals surface area contributed by atoms with E-state index in [0.717, 1.165) is 30.3 Å². The van der Waals surface area contributed by atoms with Crippen LogP contribution in [0.4, 0.5) is 4.39 Å². The Labute approximate surface area is 150 Å². The molecule has 1 spiro atoms. The van der Waals surface area contributed by atoms with E-state index in [1.54, 1.807) is 0 Å². The third-order valence-electron chi connectivity index (χ3n) is 6.85. The zero-order valence-electron chi connectivity index (χ0n) is 14.1. The summed E-state index contributed by atoms with van der Waals surface area (Å²) in [5.74, 6) is 0.868. The number of halogens is 1. The molecule has 2 aliphatic heterocycles. The first-order valence-electron chi connectivity index (χ1n) is 9.43. The van der Waals surface area contributed by atoms with Gasteiger partial charge in [0.15, 0.2) is 0 Å². The van der Waals surface area contributed by atoms with Gasteiger partial charge < -0.3 is 5.32 Å². The van der Waals surface area contributed by atoms with E-state index in [0.29, 0.717) is 21.4 Å². The Morgan fingerprint density at radius 2 is 2.12 bits per heavy atom. The fourth-order valence-electron chi connectivity index (χ4n) is 5.22. The monoisotopic (exact) mass is 356 g/mol. The number of nitrogens with zero attached hydrogens (tertiary/aromatic N) is 1. The van der Waals surface area contributed by atoms with Crippen LogP contribution in [0, 0.1) is 11.7 Å². The molecule has 3 nitrogen and oxygen atoms in total. The van der Waals surface area contributed by atoms with Gasteiger partial charge in [-0.3, -0.25) is 9.69 Å². The smallest absolute Gasteiger partial charge is 0.261 e. The lowest BCUT2D eigenvalue weighted by atomic mass is 9.92. The van der Waals surface area contributed by atoms with E-state index in [1.165, 1.54) is 37.1 Å². The number of hydrogen-bond acceptors (Lipinski definition) is 3. The van der Waals surface area contributed by atoms with Gasteiger partial charge in [-0.2, -0.15) is 0 Å². The maximum Gasteiger partial charge on any atom is 0.261 e. The molecule has 6 rings (SSSR count). The molecule has 3 atom stereocenters. The summed E-state index contributed by atoms with van der Waals surface area (Å²) in [4.78, 5) is 16.1. The Morgan fingerprint density at radius 1 is 1.28 bits per heavy atom. The second kappa shape index (κ2) is 4.83. The molecular formula is C20H21FN2OS. The van der Waals surface area contributed by atoms with Crippen molar-refractivity contribution in [2.24, 2.45) is 5.92 Å². The van der Waals surface area contributed by atoms with Gasteiger partial charge in [0.25, 0.3) is 5.91 Å². The average Bonchev–Trinajstić information content (AvgIpc) is 3.48. The molecule has 2 saturated carbocycles. The minimum Gasteiger partial charge on any atom is -0.346 e. The standard InChI is InChI=1S/C20H21FN2OS/c21-16-14(11-1-2-11)4-3-12-9-15(25-17(12)16)19(24)22-18-13-5-8-23(10-13)20(18)6-7-20/h3-4,9,11,13,18H,1-2,5-8,10H2,(H,22,24). The first kappa shape index (κ1) is 14.7. The molecule has 3 heterocycles. The van der Waals surface area contributed by atoms with Crippen molar-refractivity contribution < 1.29 is 9.18 Å². The van der Waals surface area contributed by atoms with Gasteiger partial charge in [-0.15, -0.1) is 11.3 Å². The summed E-state index contributed by atoms with van der Waals surface area (Å²) in [5, 5.41) is 4.17. The van der Waals surface area contributed by atoms with E-state index in [9.17, 15) is 9.18 Å². The van der Waals surface area contributed by atoms with Crippen molar-refractivity contribution in [3.63, 3.8) is 0 Å². The molecule has 2 aromatic rings. The van der Waals surface area contributed by atoms with Crippen molar-refractivity contribution in [2.75, 3.05) is 13.1 Å². The molecule has 1 amide bonds. The van der Waals surface area contributed by atoms with Gasteiger partial charge in [0.05, 0.1) is 15.6 Å².